The van der Waals surface area contributed by atoms with Gasteiger partial charge in [0.05, 0.1) is 0 Å². The molecule has 0 radical (unpaired) electrons. The van der Waals surface area contributed by atoms with Crippen LogP contribution in [0.5, 0.6) is 0 Å². The first-order chi connectivity index (χ1) is 6.31. The van der Waals surface area contributed by atoms with Gasteiger partial charge in [-0.15, -0.1) is 24.8 Å². The van der Waals surface area contributed by atoms with E-state index in [-0.39, 0.29) is 24.8 Å². The SMILES string of the molecule is CN1Cc2ccccc2CC1CN.Cl.Cl. The summed E-state index contributed by atoms with van der Waals surface area (Å²) in [5, 5.41) is 0. The second kappa shape index (κ2) is 6.33. The number of fused-ring (bicyclic) bond motifs is 1. The van der Waals surface area contributed by atoms with Crippen LogP contribution < -0.4 is 5.73 Å². The molecule has 2 N–H and O–H groups in total. The number of hydrogen-bond acceptors (Lipinski definition) is 2. The number of halogens is 2. The van der Waals surface area contributed by atoms with Crippen LogP contribution in [0.25, 0.3) is 0 Å². The lowest BCUT2D eigenvalue weighted by Crippen LogP contribution is -2.42. The molecule has 0 aliphatic carbocycles. The van der Waals surface area contributed by atoms with Gasteiger partial charge < -0.3 is 5.73 Å². The number of rotatable bonds is 1. The van der Waals surface area contributed by atoms with Crippen LogP contribution in [0.2, 0.25) is 0 Å². The Balaban J connectivity index is 0.000000980. The average molecular weight is 249 g/mol. The number of nitrogens with zero attached hydrogens (tertiary/aromatic N) is 1. The minimum atomic E-state index is 0. The fourth-order valence-corrected chi connectivity index (χ4v) is 1.98. The second-order valence-electron chi connectivity index (χ2n) is 3.78. The third-order valence-corrected chi connectivity index (χ3v) is 2.89. The first-order valence-electron chi connectivity index (χ1n) is 4.78. The van der Waals surface area contributed by atoms with Gasteiger partial charge in [-0.1, -0.05) is 24.3 Å². The largest absolute Gasteiger partial charge is 0.329 e. The standard InChI is InChI=1S/C11H16N2.2ClH/c1-13-8-10-5-3-2-4-9(10)6-11(13)7-12;;/h2-5,11H,6-8,12H2,1H3;2*1H. The van der Waals surface area contributed by atoms with Crippen LogP contribution >= 0.6 is 24.8 Å². The van der Waals surface area contributed by atoms with Gasteiger partial charge in [0.15, 0.2) is 0 Å². The molecule has 2 rings (SSSR count). The van der Waals surface area contributed by atoms with Crippen LogP contribution in [-0.4, -0.2) is 24.5 Å². The Hall–Kier alpha value is -0.280. The van der Waals surface area contributed by atoms with Gasteiger partial charge in [0.25, 0.3) is 0 Å². The van der Waals surface area contributed by atoms with Crippen LogP contribution in [0.3, 0.4) is 0 Å². The molecule has 1 heterocycles. The molecule has 1 aromatic carbocycles. The van der Waals surface area contributed by atoms with Crippen molar-refractivity contribution in [1.29, 1.82) is 0 Å². The average Bonchev–Trinajstić information content (AvgIpc) is 2.17. The monoisotopic (exact) mass is 248 g/mol. The molecule has 0 spiro atoms. The molecule has 0 fully saturated rings. The molecule has 1 aliphatic heterocycles. The zero-order valence-corrected chi connectivity index (χ0v) is 10.5. The molecule has 2 nitrogen and oxygen atoms in total. The molecule has 1 unspecified atom stereocenters. The lowest BCUT2D eigenvalue weighted by Gasteiger charge is -2.33. The smallest absolute Gasteiger partial charge is 0.0259 e. The summed E-state index contributed by atoms with van der Waals surface area (Å²) in [5.41, 5.74) is 8.63. The lowest BCUT2D eigenvalue weighted by molar-refractivity contribution is 0.221. The quantitative estimate of drug-likeness (QED) is 0.823. The maximum absolute atomic E-state index is 5.71. The summed E-state index contributed by atoms with van der Waals surface area (Å²) >= 11 is 0. The molecule has 15 heavy (non-hydrogen) atoms. The molecule has 0 saturated heterocycles. The van der Waals surface area contributed by atoms with E-state index in [9.17, 15) is 0 Å². The summed E-state index contributed by atoms with van der Waals surface area (Å²) in [4.78, 5) is 2.34. The Labute approximate surface area is 104 Å². The summed E-state index contributed by atoms with van der Waals surface area (Å²) in [6, 6.07) is 9.16. The van der Waals surface area contributed by atoms with Crippen molar-refractivity contribution in [3.63, 3.8) is 0 Å². The summed E-state index contributed by atoms with van der Waals surface area (Å²) in [7, 11) is 2.15. The third kappa shape index (κ3) is 3.08. The Morgan fingerprint density at radius 1 is 1.27 bits per heavy atom. The predicted octanol–water partition coefficient (Wildman–Crippen LogP) is 1.85. The van der Waals surface area contributed by atoms with Crippen LogP contribution in [0.15, 0.2) is 24.3 Å². The van der Waals surface area contributed by atoms with Crippen molar-refractivity contribution >= 4 is 24.8 Å². The van der Waals surface area contributed by atoms with E-state index in [2.05, 4.69) is 36.2 Å². The van der Waals surface area contributed by atoms with E-state index in [1.54, 1.807) is 0 Å². The van der Waals surface area contributed by atoms with Gasteiger partial charge in [-0.2, -0.15) is 0 Å². The molecule has 86 valence electrons. The van der Waals surface area contributed by atoms with Crippen molar-refractivity contribution in [3.8, 4) is 0 Å². The first kappa shape index (κ1) is 14.7. The number of nitrogens with two attached hydrogens (primary N) is 1. The second-order valence-corrected chi connectivity index (χ2v) is 3.78. The topological polar surface area (TPSA) is 29.3 Å². The summed E-state index contributed by atoms with van der Waals surface area (Å²) in [5.74, 6) is 0. The molecule has 4 heteroatoms. The maximum atomic E-state index is 5.71. The van der Waals surface area contributed by atoms with E-state index in [1.165, 1.54) is 11.1 Å². The molecular weight excluding hydrogens is 231 g/mol. The molecular formula is C11H18Cl2N2. The number of likely N-dealkylation sites (N-methyl/N-ethyl adjacent to an activating group) is 1. The Kier molecular flexibility index (Phi) is 6.22. The fourth-order valence-electron chi connectivity index (χ4n) is 1.98. The third-order valence-electron chi connectivity index (χ3n) is 2.89. The van der Waals surface area contributed by atoms with E-state index >= 15 is 0 Å². The van der Waals surface area contributed by atoms with E-state index < -0.39 is 0 Å². The summed E-state index contributed by atoms with van der Waals surface area (Å²) in [6.07, 6.45) is 1.10. The van der Waals surface area contributed by atoms with E-state index in [4.69, 9.17) is 5.73 Å². The highest BCUT2D eigenvalue weighted by molar-refractivity contribution is 5.85. The van der Waals surface area contributed by atoms with Gasteiger partial charge in [0.2, 0.25) is 0 Å². The van der Waals surface area contributed by atoms with Crippen LogP contribution in [0.4, 0.5) is 0 Å². The zero-order valence-electron chi connectivity index (χ0n) is 8.85. The van der Waals surface area contributed by atoms with Crippen molar-refractivity contribution in [1.82, 2.24) is 4.90 Å². The summed E-state index contributed by atoms with van der Waals surface area (Å²) in [6.45, 7) is 1.79. The van der Waals surface area contributed by atoms with Crippen molar-refractivity contribution < 1.29 is 0 Å². The molecule has 1 aromatic rings. The number of benzene rings is 1. The van der Waals surface area contributed by atoms with Crippen molar-refractivity contribution in [3.05, 3.63) is 35.4 Å². The van der Waals surface area contributed by atoms with E-state index in [0.29, 0.717) is 6.04 Å². The fraction of sp³-hybridized carbons (Fsp3) is 0.455. The van der Waals surface area contributed by atoms with Crippen molar-refractivity contribution in [2.45, 2.75) is 19.0 Å². The Bertz CT molecular complexity index is 304. The zero-order chi connectivity index (χ0) is 9.26. The Morgan fingerprint density at radius 2 is 1.87 bits per heavy atom. The van der Waals surface area contributed by atoms with Gasteiger partial charge in [0.1, 0.15) is 0 Å². The first-order valence-corrected chi connectivity index (χ1v) is 4.78. The van der Waals surface area contributed by atoms with Gasteiger partial charge in [-0.05, 0) is 24.6 Å². The van der Waals surface area contributed by atoms with Crippen molar-refractivity contribution in [2.75, 3.05) is 13.6 Å². The molecule has 0 saturated carbocycles. The van der Waals surface area contributed by atoms with Crippen molar-refractivity contribution in [2.24, 2.45) is 5.73 Å². The molecule has 0 amide bonds. The van der Waals surface area contributed by atoms with E-state index in [0.717, 1.165) is 19.5 Å². The minimum Gasteiger partial charge on any atom is -0.329 e. The van der Waals surface area contributed by atoms with Crippen LogP contribution in [0.1, 0.15) is 11.1 Å². The highest BCUT2D eigenvalue weighted by Crippen LogP contribution is 2.20. The Morgan fingerprint density at radius 3 is 2.47 bits per heavy atom. The summed E-state index contributed by atoms with van der Waals surface area (Å²) < 4.78 is 0. The van der Waals surface area contributed by atoms with Gasteiger partial charge in [-0.3, -0.25) is 4.90 Å². The van der Waals surface area contributed by atoms with Gasteiger partial charge >= 0.3 is 0 Å². The molecule has 1 aliphatic rings. The van der Waals surface area contributed by atoms with E-state index in [1.807, 2.05) is 0 Å². The maximum Gasteiger partial charge on any atom is 0.0259 e. The van der Waals surface area contributed by atoms with Gasteiger partial charge in [-0.25, -0.2) is 0 Å². The molecule has 1 atom stereocenters. The minimum absolute atomic E-state index is 0. The van der Waals surface area contributed by atoms with Crippen LogP contribution in [0, 0.1) is 0 Å². The highest BCUT2D eigenvalue weighted by atomic mass is 35.5. The predicted molar refractivity (Wildman–Crippen MR) is 69.0 cm³/mol. The molecule has 0 bridgehead atoms. The van der Waals surface area contributed by atoms with Crippen LogP contribution in [-0.2, 0) is 13.0 Å². The highest BCUT2D eigenvalue weighted by Gasteiger charge is 2.20. The molecule has 0 aromatic heterocycles. The number of hydrogen-bond donors (Lipinski definition) is 1. The van der Waals surface area contributed by atoms with Gasteiger partial charge in [0, 0.05) is 19.1 Å². The lowest BCUT2D eigenvalue weighted by atomic mass is 9.95. The normalized spacial score (nSPS) is 19.7.